The Labute approximate surface area is 161 Å². The van der Waals surface area contributed by atoms with Gasteiger partial charge in [-0.1, -0.05) is 19.1 Å². The van der Waals surface area contributed by atoms with E-state index in [1.165, 1.54) is 0 Å². The molecular formula is C20H32N4O3. The minimum atomic E-state index is 0.0477. The fourth-order valence-corrected chi connectivity index (χ4v) is 2.79. The molecule has 7 nitrogen and oxygen atoms in total. The summed E-state index contributed by atoms with van der Waals surface area (Å²) in [5.41, 5.74) is 1.90. The van der Waals surface area contributed by atoms with Crippen LogP contribution in [0.3, 0.4) is 0 Å². The Bertz CT molecular complexity index is 601. The fraction of sp³-hybridized carbons (Fsp3) is 0.600. The molecule has 1 amide bonds. The standard InChI is InChI=1S/C20H32N4O3/c1-3-6-19(25)24-17-8-4-7-16(13-17)14-23-20(21-2)22-10-5-11-27-18-9-12-26-15-18/h4,7-8,13,18H,3,5-6,9-12,14-15H2,1-2H3,(H,24,25)(H2,21,22,23). The normalized spacial score (nSPS) is 17.0. The molecule has 2 rings (SSSR count). The Morgan fingerprint density at radius 1 is 1.37 bits per heavy atom. The second-order valence-corrected chi connectivity index (χ2v) is 6.56. The number of hydrogen-bond donors (Lipinski definition) is 3. The first-order valence-electron chi connectivity index (χ1n) is 9.74. The van der Waals surface area contributed by atoms with Gasteiger partial charge in [-0.15, -0.1) is 0 Å². The molecular weight excluding hydrogens is 344 g/mol. The maximum atomic E-state index is 11.7. The molecule has 0 saturated carbocycles. The summed E-state index contributed by atoms with van der Waals surface area (Å²) in [6.07, 6.45) is 3.54. The lowest BCUT2D eigenvalue weighted by atomic mass is 10.2. The minimum Gasteiger partial charge on any atom is -0.379 e. The molecule has 1 atom stereocenters. The van der Waals surface area contributed by atoms with Gasteiger partial charge in [0.15, 0.2) is 5.96 Å². The summed E-state index contributed by atoms with van der Waals surface area (Å²) < 4.78 is 11.0. The monoisotopic (exact) mass is 376 g/mol. The van der Waals surface area contributed by atoms with Crippen LogP contribution in [0.5, 0.6) is 0 Å². The number of benzene rings is 1. The predicted octanol–water partition coefficient (Wildman–Crippen LogP) is 2.29. The van der Waals surface area contributed by atoms with Gasteiger partial charge in [0.05, 0.1) is 12.7 Å². The summed E-state index contributed by atoms with van der Waals surface area (Å²) in [4.78, 5) is 16.0. The van der Waals surface area contributed by atoms with Crippen LogP contribution in [0.1, 0.15) is 38.2 Å². The third-order valence-electron chi connectivity index (χ3n) is 4.23. The summed E-state index contributed by atoms with van der Waals surface area (Å²) in [5.74, 6) is 0.797. The van der Waals surface area contributed by atoms with Crippen LogP contribution in [0.25, 0.3) is 0 Å². The van der Waals surface area contributed by atoms with Crippen LogP contribution in [0.15, 0.2) is 29.3 Å². The minimum absolute atomic E-state index is 0.0477. The number of nitrogens with one attached hydrogen (secondary N) is 3. The van der Waals surface area contributed by atoms with E-state index in [1.807, 2.05) is 31.2 Å². The van der Waals surface area contributed by atoms with Crippen LogP contribution in [0.4, 0.5) is 5.69 Å². The number of ether oxygens (including phenoxy) is 2. The summed E-state index contributed by atoms with van der Waals surface area (Å²) in [6.45, 7) is 5.66. The molecule has 1 unspecified atom stereocenters. The van der Waals surface area contributed by atoms with Crippen molar-refractivity contribution >= 4 is 17.6 Å². The zero-order chi connectivity index (χ0) is 19.3. The van der Waals surface area contributed by atoms with Crippen LogP contribution in [-0.4, -0.2) is 51.4 Å². The van der Waals surface area contributed by atoms with Crippen LogP contribution >= 0.6 is 0 Å². The van der Waals surface area contributed by atoms with Crippen molar-refractivity contribution in [2.24, 2.45) is 4.99 Å². The van der Waals surface area contributed by atoms with Crippen LogP contribution in [-0.2, 0) is 20.8 Å². The summed E-state index contributed by atoms with van der Waals surface area (Å²) in [5, 5.41) is 9.50. The van der Waals surface area contributed by atoms with E-state index in [9.17, 15) is 4.79 Å². The van der Waals surface area contributed by atoms with Gasteiger partial charge in [0.2, 0.25) is 5.91 Å². The zero-order valence-corrected chi connectivity index (χ0v) is 16.4. The SMILES string of the molecule is CCCC(=O)Nc1cccc(CNC(=NC)NCCCOC2CCOC2)c1. The number of guanidine groups is 1. The highest BCUT2D eigenvalue weighted by Gasteiger charge is 2.15. The van der Waals surface area contributed by atoms with Crippen molar-refractivity contribution < 1.29 is 14.3 Å². The first-order chi connectivity index (χ1) is 13.2. The lowest BCUT2D eigenvalue weighted by Crippen LogP contribution is -2.37. The second-order valence-electron chi connectivity index (χ2n) is 6.56. The van der Waals surface area contributed by atoms with Gasteiger partial charge in [-0.25, -0.2) is 0 Å². The molecule has 0 aromatic heterocycles. The highest BCUT2D eigenvalue weighted by atomic mass is 16.5. The number of carbonyl (C=O) groups is 1. The van der Waals surface area contributed by atoms with E-state index >= 15 is 0 Å². The molecule has 1 saturated heterocycles. The maximum Gasteiger partial charge on any atom is 0.224 e. The van der Waals surface area contributed by atoms with Crippen LogP contribution < -0.4 is 16.0 Å². The average molecular weight is 377 g/mol. The van der Waals surface area contributed by atoms with E-state index in [1.54, 1.807) is 7.05 Å². The lowest BCUT2D eigenvalue weighted by Gasteiger charge is -2.14. The van der Waals surface area contributed by atoms with Crippen molar-refractivity contribution in [1.29, 1.82) is 0 Å². The van der Waals surface area contributed by atoms with Gasteiger partial charge < -0.3 is 25.4 Å². The molecule has 0 radical (unpaired) electrons. The smallest absolute Gasteiger partial charge is 0.224 e. The third-order valence-corrected chi connectivity index (χ3v) is 4.23. The summed E-state index contributed by atoms with van der Waals surface area (Å²) in [7, 11) is 1.75. The number of carbonyl (C=O) groups excluding carboxylic acids is 1. The molecule has 1 aliphatic heterocycles. The Morgan fingerprint density at radius 3 is 3.00 bits per heavy atom. The molecule has 3 N–H and O–H groups in total. The van der Waals surface area contributed by atoms with E-state index in [0.29, 0.717) is 19.6 Å². The molecule has 1 fully saturated rings. The number of amides is 1. The van der Waals surface area contributed by atoms with Gasteiger partial charge in [-0.3, -0.25) is 9.79 Å². The predicted molar refractivity (Wildman–Crippen MR) is 108 cm³/mol. The highest BCUT2D eigenvalue weighted by Crippen LogP contribution is 2.11. The van der Waals surface area contributed by atoms with Gasteiger partial charge in [-0.2, -0.15) is 0 Å². The molecule has 1 aromatic carbocycles. The Balaban J connectivity index is 1.66. The molecule has 7 heteroatoms. The average Bonchev–Trinajstić information content (AvgIpc) is 3.18. The second kappa shape index (κ2) is 12.3. The van der Waals surface area contributed by atoms with Crippen LogP contribution in [0, 0.1) is 0 Å². The van der Waals surface area contributed by atoms with Crippen molar-refractivity contribution in [2.75, 3.05) is 38.7 Å². The summed E-state index contributed by atoms with van der Waals surface area (Å²) in [6, 6.07) is 7.84. The number of anilines is 1. The van der Waals surface area contributed by atoms with Crippen LogP contribution in [0.2, 0.25) is 0 Å². The fourth-order valence-electron chi connectivity index (χ4n) is 2.79. The lowest BCUT2D eigenvalue weighted by molar-refractivity contribution is -0.116. The van der Waals surface area contributed by atoms with E-state index in [0.717, 1.165) is 56.2 Å². The molecule has 1 aromatic rings. The van der Waals surface area contributed by atoms with Gasteiger partial charge in [0.25, 0.3) is 0 Å². The van der Waals surface area contributed by atoms with Gasteiger partial charge in [0.1, 0.15) is 0 Å². The maximum absolute atomic E-state index is 11.7. The van der Waals surface area contributed by atoms with Crippen molar-refractivity contribution in [3.05, 3.63) is 29.8 Å². The summed E-state index contributed by atoms with van der Waals surface area (Å²) >= 11 is 0. The van der Waals surface area contributed by atoms with Crippen molar-refractivity contribution in [3.63, 3.8) is 0 Å². The van der Waals surface area contributed by atoms with Crippen molar-refractivity contribution in [1.82, 2.24) is 10.6 Å². The van der Waals surface area contributed by atoms with E-state index in [-0.39, 0.29) is 12.0 Å². The quantitative estimate of drug-likeness (QED) is 0.331. The number of nitrogens with zero attached hydrogens (tertiary/aromatic N) is 1. The molecule has 1 heterocycles. The Hall–Kier alpha value is -2.12. The number of aliphatic imine (C=N–C) groups is 1. The Morgan fingerprint density at radius 2 is 2.26 bits per heavy atom. The highest BCUT2D eigenvalue weighted by molar-refractivity contribution is 5.90. The molecule has 27 heavy (non-hydrogen) atoms. The van der Waals surface area contributed by atoms with Gasteiger partial charge in [-0.05, 0) is 37.0 Å². The first kappa shape index (κ1) is 21.2. The van der Waals surface area contributed by atoms with Gasteiger partial charge in [0, 0.05) is 45.5 Å². The Kier molecular flexibility index (Phi) is 9.65. The first-order valence-corrected chi connectivity index (χ1v) is 9.74. The largest absolute Gasteiger partial charge is 0.379 e. The van der Waals surface area contributed by atoms with E-state index in [4.69, 9.17) is 9.47 Å². The topological polar surface area (TPSA) is 84.0 Å². The van der Waals surface area contributed by atoms with Crippen molar-refractivity contribution in [2.45, 2.75) is 45.3 Å². The molecule has 0 bridgehead atoms. The molecule has 1 aliphatic rings. The number of hydrogen-bond acceptors (Lipinski definition) is 4. The van der Waals surface area contributed by atoms with Crippen molar-refractivity contribution in [3.8, 4) is 0 Å². The third kappa shape index (κ3) is 8.41. The molecule has 150 valence electrons. The molecule has 0 spiro atoms. The molecule has 0 aliphatic carbocycles. The van der Waals surface area contributed by atoms with E-state index in [2.05, 4.69) is 20.9 Å². The number of rotatable bonds is 10. The zero-order valence-electron chi connectivity index (χ0n) is 16.4. The van der Waals surface area contributed by atoms with E-state index < -0.39 is 0 Å². The van der Waals surface area contributed by atoms with Gasteiger partial charge >= 0.3 is 0 Å².